The largest absolute Gasteiger partial charge is 0.389 e. The quantitative estimate of drug-likeness (QED) is 0.905. The van der Waals surface area contributed by atoms with E-state index < -0.39 is 6.10 Å². The first-order valence-corrected chi connectivity index (χ1v) is 6.72. The summed E-state index contributed by atoms with van der Waals surface area (Å²) in [5, 5.41) is 12.5. The van der Waals surface area contributed by atoms with E-state index in [9.17, 15) is 9.90 Å². The zero-order chi connectivity index (χ0) is 13.8. The fourth-order valence-corrected chi connectivity index (χ4v) is 2.27. The third kappa shape index (κ3) is 3.22. The van der Waals surface area contributed by atoms with E-state index in [1.165, 1.54) is 0 Å². The highest BCUT2D eigenvalue weighted by molar-refractivity contribution is 9.10. The molecule has 0 aliphatic rings. The molecule has 19 heavy (non-hydrogen) atoms. The molecule has 0 aliphatic carbocycles. The van der Waals surface area contributed by atoms with Gasteiger partial charge < -0.3 is 10.4 Å². The van der Waals surface area contributed by atoms with Gasteiger partial charge in [0.2, 0.25) is 0 Å². The van der Waals surface area contributed by atoms with E-state index in [1.807, 2.05) is 24.3 Å². The maximum Gasteiger partial charge on any atom is 0.256 e. The fourth-order valence-electron chi connectivity index (χ4n) is 1.81. The number of aliphatic hydroxyl groups is 1. The van der Waals surface area contributed by atoms with Crippen LogP contribution in [0.3, 0.4) is 0 Å². The number of rotatable bonds is 3. The number of benzene rings is 2. The molecular formula is C15H14BrNO2. The molecule has 4 heteroatoms. The van der Waals surface area contributed by atoms with Gasteiger partial charge in [0.25, 0.3) is 5.91 Å². The number of para-hydroxylation sites is 1. The van der Waals surface area contributed by atoms with E-state index in [4.69, 9.17) is 0 Å². The van der Waals surface area contributed by atoms with Gasteiger partial charge in [-0.15, -0.1) is 0 Å². The molecule has 0 aromatic heterocycles. The Morgan fingerprint density at radius 3 is 2.47 bits per heavy atom. The van der Waals surface area contributed by atoms with Crippen molar-refractivity contribution in [3.63, 3.8) is 0 Å². The standard InChI is InChI=1S/C15H14BrNO2/c1-10(18)11-6-3-5-9-14(11)17-15(19)12-7-2-4-8-13(12)16/h2-10,18H,1H3,(H,17,19). The Kier molecular flexibility index (Phi) is 4.35. The Morgan fingerprint density at radius 2 is 1.79 bits per heavy atom. The molecular weight excluding hydrogens is 306 g/mol. The minimum atomic E-state index is -0.629. The number of halogens is 1. The van der Waals surface area contributed by atoms with Crippen LogP contribution in [0.5, 0.6) is 0 Å². The van der Waals surface area contributed by atoms with Crippen LogP contribution < -0.4 is 5.32 Å². The van der Waals surface area contributed by atoms with Gasteiger partial charge in [-0.3, -0.25) is 4.79 Å². The van der Waals surface area contributed by atoms with Crippen molar-refractivity contribution in [2.75, 3.05) is 5.32 Å². The summed E-state index contributed by atoms with van der Waals surface area (Å²) in [5.74, 6) is -0.208. The Hall–Kier alpha value is -1.65. The monoisotopic (exact) mass is 319 g/mol. The van der Waals surface area contributed by atoms with E-state index in [-0.39, 0.29) is 5.91 Å². The van der Waals surface area contributed by atoms with Crippen LogP contribution >= 0.6 is 15.9 Å². The van der Waals surface area contributed by atoms with Gasteiger partial charge in [0.1, 0.15) is 0 Å². The van der Waals surface area contributed by atoms with Crippen LogP contribution in [0.2, 0.25) is 0 Å². The molecule has 0 bridgehead atoms. The summed E-state index contributed by atoms with van der Waals surface area (Å²) in [6.07, 6.45) is -0.629. The SMILES string of the molecule is CC(O)c1ccccc1NC(=O)c1ccccc1Br. The Morgan fingerprint density at radius 1 is 1.16 bits per heavy atom. The molecule has 1 unspecified atom stereocenters. The number of amides is 1. The van der Waals surface area contributed by atoms with Crippen molar-refractivity contribution in [2.45, 2.75) is 13.0 Å². The average molecular weight is 320 g/mol. The second kappa shape index (κ2) is 5.99. The van der Waals surface area contributed by atoms with Crippen molar-refractivity contribution in [1.82, 2.24) is 0 Å². The van der Waals surface area contributed by atoms with Crippen LogP contribution in [0.1, 0.15) is 28.9 Å². The van der Waals surface area contributed by atoms with E-state index in [2.05, 4.69) is 21.2 Å². The summed E-state index contributed by atoms with van der Waals surface area (Å²) in [4.78, 5) is 12.2. The molecule has 3 nitrogen and oxygen atoms in total. The molecule has 2 N–H and O–H groups in total. The van der Waals surface area contributed by atoms with Crippen LogP contribution in [0.15, 0.2) is 53.0 Å². The number of hydrogen-bond donors (Lipinski definition) is 2. The molecule has 0 fully saturated rings. The van der Waals surface area contributed by atoms with Crippen molar-refractivity contribution in [2.24, 2.45) is 0 Å². The van der Waals surface area contributed by atoms with Gasteiger partial charge in [-0.25, -0.2) is 0 Å². The molecule has 2 rings (SSSR count). The number of carbonyl (C=O) groups is 1. The molecule has 0 heterocycles. The van der Waals surface area contributed by atoms with Gasteiger partial charge in [0.05, 0.1) is 11.7 Å². The van der Waals surface area contributed by atoms with Gasteiger partial charge in [-0.05, 0) is 41.1 Å². The van der Waals surface area contributed by atoms with Gasteiger partial charge in [0.15, 0.2) is 0 Å². The molecule has 98 valence electrons. The van der Waals surface area contributed by atoms with Crippen LogP contribution in [0, 0.1) is 0 Å². The molecule has 0 radical (unpaired) electrons. The maximum absolute atomic E-state index is 12.2. The third-order valence-corrected chi connectivity index (χ3v) is 3.47. The van der Waals surface area contributed by atoms with Crippen molar-refractivity contribution in [3.8, 4) is 0 Å². The highest BCUT2D eigenvalue weighted by Gasteiger charge is 2.13. The Bertz CT molecular complexity index is 596. The number of nitrogens with one attached hydrogen (secondary N) is 1. The highest BCUT2D eigenvalue weighted by Crippen LogP contribution is 2.24. The summed E-state index contributed by atoms with van der Waals surface area (Å²) in [6.45, 7) is 1.67. The normalized spacial score (nSPS) is 11.9. The Balaban J connectivity index is 2.27. The number of carbonyl (C=O) groups excluding carboxylic acids is 1. The van der Waals surface area contributed by atoms with E-state index in [0.717, 1.165) is 4.47 Å². The zero-order valence-corrected chi connectivity index (χ0v) is 12.0. The summed E-state index contributed by atoms with van der Waals surface area (Å²) in [7, 11) is 0. The fraction of sp³-hybridized carbons (Fsp3) is 0.133. The van der Waals surface area contributed by atoms with Crippen LogP contribution in [-0.4, -0.2) is 11.0 Å². The van der Waals surface area contributed by atoms with Crippen LogP contribution in [0.25, 0.3) is 0 Å². The predicted molar refractivity (Wildman–Crippen MR) is 79.2 cm³/mol. The minimum absolute atomic E-state index is 0.208. The summed E-state index contributed by atoms with van der Waals surface area (Å²) in [6, 6.07) is 14.4. The van der Waals surface area contributed by atoms with E-state index in [1.54, 1.807) is 31.2 Å². The number of aliphatic hydroxyl groups excluding tert-OH is 1. The number of anilines is 1. The smallest absolute Gasteiger partial charge is 0.256 e. The first kappa shape index (κ1) is 13.8. The second-order valence-electron chi connectivity index (χ2n) is 4.20. The third-order valence-electron chi connectivity index (χ3n) is 2.78. The van der Waals surface area contributed by atoms with Gasteiger partial charge in [-0.1, -0.05) is 30.3 Å². The van der Waals surface area contributed by atoms with Crippen molar-refractivity contribution >= 4 is 27.5 Å². The second-order valence-corrected chi connectivity index (χ2v) is 5.05. The minimum Gasteiger partial charge on any atom is -0.389 e. The van der Waals surface area contributed by atoms with Crippen molar-refractivity contribution in [1.29, 1.82) is 0 Å². The first-order valence-electron chi connectivity index (χ1n) is 5.92. The number of hydrogen-bond acceptors (Lipinski definition) is 2. The molecule has 0 aliphatic heterocycles. The van der Waals surface area contributed by atoms with E-state index in [0.29, 0.717) is 16.8 Å². The molecule has 1 atom stereocenters. The lowest BCUT2D eigenvalue weighted by Gasteiger charge is -2.13. The highest BCUT2D eigenvalue weighted by atomic mass is 79.9. The molecule has 2 aromatic rings. The van der Waals surface area contributed by atoms with Gasteiger partial charge >= 0.3 is 0 Å². The van der Waals surface area contributed by atoms with Crippen molar-refractivity contribution in [3.05, 3.63) is 64.1 Å². The van der Waals surface area contributed by atoms with Crippen molar-refractivity contribution < 1.29 is 9.90 Å². The first-order chi connectivity index (χ1) is 9.09. The Labute approximate surface area is 120 Å². The van der Waals surface area contributed by atoms with E-state index >= 15 is 0 Å². The topological polar surface area (TPSA) is 49.3 Å². The van der Waals surface area contributed by atoms with Gasteiger partial charge in [-0.2, -0.15) is 0 Å². The lowest BCUT2D eigenvalue weighted by molar-refractivity contribution is 0.102. The molecule has 0 saturated carbocycles. The molecule has 2 aromatic carbocycles. The summed E-state index contributed by atoms with van der Waals surface area (Å²) >= 11 is 3.35. The predicted octanol–water partition coefficient (Wildman–Crippen LogP) is 3.75. The van der Waals surface area contributed by atoms with Crippen LogP contribution in [-0.2, 0) is 0 Å². The maximum atomic E-state index is 12.2. The lowest BCUT2D eigenvalue weighted by Crippen LogP contribution is -2.14. The molecule has 0 spiro atoms. The summed E-state index contributed by atoms with van der Waals surface area (Å²) < 4.78 is 0.738. The average Bonchev–Trinajstić information content (AvgIpc) is 2.39. The lowest BCUT2D eigenvalue weighted by atomic mass is 10.1. The summed E-state index contributed by atoms with van der Waals surface area (Å²) in [5.41, 5.74) is 1.88. The van der Waals surface area contributed by atoms with Crippen LogP contribution in [0.4, 0.5) is 5.69 Å². The molecule has 0 saturated heterocycles. The van der Waals surface area contributed by atoms with Gasteiger partial charge in [0, 0.05) is 15.7 Å². The zero-order valence-electron chi connectivity index (χ0n) is 10.4. The molecule has 1 amide bonds.